The number of rotatable bonds is 4. The zero-order valence-corrected chi connectivity index (χ0v) is 23.3. The van der Waals surface area contributed by atoms with Gasteiger partial charge in [0.25, 0.3) is 0 Å². The van der Waals surface area contributed by atoms with E-state index >= 15 is 0 Å². The fraction of sp³-hybridized carbons (Fsp3) is 0.235. The summed E-state index contributed by atoms with van der Waals surface area (Å²) in [5.41, 5.74) is 3.46. The summed E-state index contributed by atoms with van der Waals surface area (Å²) >= 11 is 0. The van der Waals surface area contributed by atoms with Gasteiger partial charge in [-0.15, -0.1) is 0 Å². The van der Waals surface area contributed by atoms with Crippen LogP contribution in [0.25, 0.3) is 0 Å². The molecule has 2 heteroatoms. The third-order valence-corrected chi connectivity index (χ3v) is 11.6. The minimum atomic E-state index is -2.64. The predicted molar refractivity (Wildman–Crippen MR) is 156 cm³/mol. The molecule has 0 unspecified atom stereocenters. The third kappa shape index (κ3) is 5.48. The third-order valence-electron chi connectivity index (χ3n) is 6.64. The van der Waals surface area contributed by atoms with Gasteiger partial charge in [-0.2, -0.15) is 0 Å². The lowest BCUT2D eigenvalue weighted by molar-refractivity contribution is 0.508. The summed E-state index contributed by atoms with van der Waals surface area (Å²) in [5.74, 6) is 7.49. The highest BCUT2D eigenvalue weighted by Crippen LogP contribution is 2.37. The van der Waals surface area contributed by atoms with Crippen LogP contribution < -0.4 is 14.8 Å². The molecular formula is C34H36OSi. The molecule has 0 spiro atoms. The summed E-state index contributed by atoms with van der Waals surface area (Å²) in [4.78, 5) is 0. The van der Waals surface area contributed by atoms with Crippen LogP contribution in [0.1, 0.15) is 58.2 Å². The van der Waals surface area contributed by atoms with Crippen molar-refractivity contribution in [3.63, 3.8) is 0 Å². The molecule has 0 aromatic heterocycles. The molecule has 0 amide bonds. The van der Waals surface area contributed by atoms with Gasteiger partial charge < -0.3 is 4.43 Å². The van der Waals surface area contributed by atoms with Crippen LogP contribution in [0.3, 0.4) is 0 Å². The standard InChI is InChI=1S/C34H36OSi/c1-33(2,3)29-23-19-27(20-24-29)17-18-28-21-25-30(26-22-28)35-36(34(4,5)6,31-13-9-7-10-14-31)32-15-11-8-12-16-32/h7-16,19-26H,1-6H3. The molecule has 4 rings (SSSR count). The first-order valence-corrected chi connectivity index (χ1v) is 14.5. The minimum absolute atomic E-state index is 0.0760. The smallest absolute Gasteiger partial charge is 0.319 e. The second-order valence-corrected chi connectivity index (χ2v) is 15.6. The molecule has 0 fully saturated rings. The number of hydrogen-bond acceptors (Lipinski definition) is 1. The minimum Gasteiger partial charge on any atom is -0.534 e. The van der Waals surface area contributed by atoms with Crippen LogP contribution in [0.5, 0.6) is 5.75 Å². The zero-order valence-electron chi connectivity index (χ0n) is 22.3. The Bertz CT molecular complexity index is 1290. The lowest BCUT2D eigenvalue weighted by Crippen LogP contribution is -2.68. The molecule has 0 radical (unpaired) electrons. The van der Waals surface area contributed by atoms with Crippen LogP contribution in [-0.2, 0) is 5.41 Å². The van der Waals surface area contributed by atoms with Crippen LogP contribution >= 0.6 is 0 Å². The van der Waals surface area contributed by atoms with Crippen molar-refractivity contribution in [1.82, 2.24) is 0 Å². The maximum absolute atomic E-state index is 7.09. The number of benzene rings is 4. The SMILES string of the molecule is CC(C)(C)c1ccc(C#Cc2ccc(O[Si](c3ccccc3)(c3ccccc3)C(C)(C)C)cc2)cc1. The van der Waals surface area contributed by atoms with Gasteiger partial charge in [0.2, 0.25) is 0 Å². The van der Waals surface area contributed by atoms with Gasteiger partial charge >= 0.3 is 8.32 Å². The molecule has 4 aromatic carbocycles. The first-order valence-electron chi connectivity index (χ1n) is 12.6. The van der Waals surface area contributed by atoms with E-state index in [0.717, 1.165) is 16.9 Å². The Kier molecular flexibility index (Phi) is 7.25. The van der Waals surface area contributed by atoms with E-state index < -0.39 is 8.32 Å². The van der Waals surface area contributed by atoms with Gasteiger partial charge in [0.15, 0.2) is 0 Å². The second kappa shape index (κ2) is 10.2. The van der Waals surface area contributed by atoms with E-state index in [1.807, 2.05) is 0 Å². The van der Waals surface area contributed by atoms with E-state index in [-0.39, 0.29) is 10.5 Å². The molecule has 0 heterocycles. The quantitative estimate of drug-likeness (QED) is 0.216. The molecule has 0 aliphatic rings. The summed E-state index contributed by atoms with van der Waals surface area (Å²) in [7, 11) is -2.64. The molecule has 0 bridgehead atoms. The molecule has 0 saturated carbocycles. The predicted octanol–water partition coefficient (Wildman–Crippen LogP) is 7.32. The van der Waals surface area contributed by atoms with Crippen molar-refractivity contribution in [3.05, 3.63) is 126 Å². The zero-order chi connectivity index (χ0) is 25.8. The van der Waals surface area contributed by atoms with Crippen molar-refractivity contribution in [2.75, 3.05) is 0 Å². The van der Waals surface area contributed by atoms with Gasteiger partial charge in [0.05, 0.1) is 0 Å². The summed E-state index contributed by atoms with van der Waals surface area (Å²) in [6.45, 7) is 13.6. The fourth-order valence-corrected chi connectivity index (χ4v) is 9.05. The first kappa shape index (κ1) is 25.5. The van der Waals surface area contributed by atoms with E-state index in [1.165, 1.54) is 15.9 Å². The van der Waals surface area contributed by atoms with Crippen molar-refractivity contribution in [2.24, 2.45) is 0 Å². The van der Waals surface area contributed by atoms with Crippen LogP contribution in [0.4, 0.5) is 0 Å². The average molecular weight is 489 g/mol. The van der Waals surface area contributed by atoms with Gasteiger partial charge in [0.1, 0.15) is 5.75 Å². The van der Waals surface area contributed by atoms with Crippen LogP contribution in [0.2, 0.25) is 5.04 Å². The Morgan fingerprint density at radius 2 is 0.944 bits per heavy atom. The van der Waals surface area contributed by atoms with Gasteiger partial charge in [-0.25, -0.2) is 0 Å². The van der Waals surface area contributed by atoms with Gasteiger partial charge in [-0.1, -0.05) is 126 Å². The van der Waals surface area contributed by atoms with E-state index in [0.29, 0.717) is 0 Å². The molecule has 0 saturated heterocycles. The summed E-state index contributed by atoms with van der Waals surface area (Å²) in [5, 5.41) is 2.46. The summed E-state index contributed by atoms with van der Waals surface area (Å²) < 4.78 is 7.09. The lowest BCUT2D eigenvalue weighted by atomic mass is 9.87. The van der Waals surface area contributed by atoms with E-state index in [4.69, 9.17) is 4.43 Å². The van der Waals surface area contributed by atoms with E-state index in [1.54, 1.807) is 0 Å². The lowest BCUT2D eigenvalue weighted by Gasteiger charge is -2.43. The largest absolute Gasteiger partial charge is 0.534 e. The van der Waals surface area contributed by atoms with Crippen LogP contribution in [-0.4, -0.2) is 8.32 Å². The first-order chi connectivity index (χ1) is 17.1. The summed E-state index contributed by atoms with van der Waals surface area (Å²) in [6.07, 6.45) is 0. The highest BCUT2D eigenvalue weighted by atomic mass is 28.4. The molecule has 0 aliphatic carbocycles. The normalized spacial score (nSPS) is 11.9. The van der Waals surface area contributed by atoms with Crippen molar-refractivity contribution in [1.29, 1.82) is 0 Å². The molecule has 0 N–H and O–H groups in total. The van der Waals surface area contributed by atoms with Crippen molar-refractivity contribution in [3.8, 4) is 17.6 Å². The average Bonchev–Trinajstić information content (AvgIpc) is 2.87. The van der Waals surface area contributed by atoms with Gasteiger partial charge in [-0.05, 0) is 62.8 Å². The Hall–Kier alpha value is -3.54. The van der Waals surface area contributed by atoms with Crippen molar-refractivity contribution in [2.45, 2.75) is 52.0 Å². The molecule has 36 heavy (non-hydrogen) atoms. The molecule has 0 aliphatic heterocycles. The number of hydrogen-bond donors (Lipinski definition) is 0. The highest BCUT2D eigenvalue weighted by molar-refractivity contribution is 7.00. The fourth-order valence-electron chi connectivity index (χ4n) is 4.63. The van der Waals surface area contributed by atoms with Crippen molar-refractivity contribution >= 4 is 18.7 Å². The van der Waals surface area contributed by atoms with Crippen LogP contribution in [0.15, 0.2) is 109 Å². The highest BCUT2D eigenvalue weighted by Gasteiger charge is 2.52. The maximum Gasteiger partial charge on any atom is 0.319 e. The Labute approximate surface area is 218 Å². The Morgan fingerprint density at radius 3 is 1.33 bits per heavy atom. The Balaban J connectivity index is 1.65. The van der Waals surface area contributed by atoms with E-state index in [2.05, 4.69) is 163 Å². The Morgan fingerprint density at radius 1 is 0.528 bits per heavy atom. The topological polar surface area (TPSA) is 9.23 Å². The maximum atomic E-state index is 7.09. The van der Waals surface area contributed by atoms with Gasteiger partial charge in [0, 0.05) is 11.1 Å². The molecular weight excluding hydrogens is 452 g/mol. The molecule has 182 valence electrons. The van der Waals surface area contributed by atoms with Crippen LogP contribution in [0, 0.1) is 11.8 Å². The molecule has 1 nitrogen and oxygen atoms in total. The monoisotopic (exact) mass is 488 g/mol. The van der Waals surface area contributed by atoms with Gasteiger partial charge in [-0.3, -0.25) is 0 Å². The van der Waals surface area contributed by atoms with E-state index in [9.17, 15) is 0 Å². The molecule has 0 atom stereocenters. The molecule has 4 aromatic rings. The summed E-state index contributed by atoms with van der Waals surface area (Å²) in [6, 6.07) is 38.3. The van der Waals surface area contributed by atoms with Crippen molar-refractivity contribution < 1.29 is 4.43 Å². The second-order valence-electron chi connectivity index (χ2n) is 11.4.